The lowest BCUT2D eigenvalue weighted by Gasteiger charge is -2.25. The summed E-state index contributed by atoms with van der Waals surface area (Å²) >= 11 is 0. The van der Waals surface area contributed by atoms with E-state index in [4.69, 9.17) is 9.94 Å². The van der Waals surface area contributed by atoms with Gasteiger partial charge in [0.05, 0.1) is 7.11 Å². The minimum atomic E-state index is -0.381. The van der Waals surface area contributed by atoms with E-state index in [2.05, 4.69) is 41.4 Å². The van der Waals surface area contributed by atoms with Gasteiger partial charge in [-0.1, -0.05) is 25.1 Å². The third kappa shape index (κ3) is 5.19. The molecule has 6 nitrogen and oxygen atoms in total. The molecule has 138 valence electrons. The lowest BCUT2D eigenvalue weighted by atomic mass is 9.94. The van der Waals surface area contributed by atoms with Crippen molar-refractivity contribution in [1.82, 2.24) is 10.2 Å². The van der Waals surface area contributed by atoms with E-state index in [0.717, 1.165) is 44.4 Å². The normalized spacial score (nSPS) is 16.5. The molecule has 25 heavy (non-hydrogen) atoms. The number of carbonyl (C=O) groups excluding carboxylic acids is 1. The van der Waals surface area contributed by atoms with Gasteiger partial charge < -0.3 is 15.3 Å². The molecule has 1 amide bonds. The fraction of sp³-hybridized carbons (Fsp3) is 0.579. The number of methoxy groups -OCH3 is 1. The van der Waals surface area contributed by atoms with Crippen LogP contribution in [0.5, 0.6) is 5.75 Å². The largest absolute Gasteiger partial charge is 0.496 e. The van der Waals surface area contributed by atoms with Gasteiger partial charge in [-0.05, 0) is 55.0 Å². The van der Waals surface area contributed by atoms with E-state index >= 15 is 0 Å². The van der Waals surface area contributed by atoms with Crippen molar-refractivity contribution in [2.45, 2.75) is 52.1 Å². The molecule has 0 bridgehead atoms. The van der Waals surface area contributed by atoms with E-state index in [1.54, 1.807) is 7.11 Å². The Morgan fingerprint density at radius 2 is 2.16 bits per heavy atom. The van der Waals surface area contributed by atoms with Gasteiger partial charge in [0.1, 0.15) is 12.0 Å². The molecule has 0 fully saturated rings. The van der Waals surface area contributed by atoms with Crippen LogP contribution in [0, 0.1) is 0 Å². The van der Waals surface area contributed by atoms with Crippen molar-refractivity contribution < 1.29 is 14.7 Å². The highest BCUT2D eigenvalue weighted by Crippen LogP contribution is 2.32. The highest BCUT2D eigenvalue weighted by Gasteiger charge is 2.20. The average Bonchev–Trinajstić information content (AvgIpc) is 2.74. The van der Waals surface area contributed by atoms with Crippen molar-refractivity contribution in [2.75, 3.05) is 20.2 Å². The molecule has 1 aliphatic rings. The fourth-order valence-corrected chi connectivity index (χ4v) is 3.43. The minimum absolute atomic E-state index is 0.0242. The summed E-state index contributed by atoms with van der Waals surface area (Å²) in [6, 6.07) is 4.44. The van der Waals surface area contributed by atoms with Crippen molar-refractivity contribution in [3.8, 4) is 5.75 Å². The van der Waals surface area contributed by atoms with Gasteiger partial charge in [-0.15, -0.1) is 0 Å². The number of oxime groups is 1. The van der Waals surface area contributed by atoms with E-state index in [-0.39, 0.29) is 11.9 Å². The van der Waals surface area contributed by atoms with E-state index in [1.807, 2.05) is 6.92 Å². The van der Waals surface area contributed by atoms with Crippen molar-refractivity contribution in [1.29, 1.82) is 0 Å². The molecule has 2 rings (SSSR count). The number of nitrogens with zero attached hydrogens (tertiary/aromatic N) is 2. The van der Waals surface area contributed by atoms with Crippen LogP contribution in [0.2, 0.25) is 0 Å². The molecule has 1 aromatic rings. The van der Waals surface area contributed by atoms with Crippen LogP contribution in [0.4, 0.5) is 0 Å². The fourth-order valence-electron chi connectivity index (χ4n) is 3.43. The molecular weight excluding hydrogens is 318 g/mol. The Morgan fingerprint density at radius 3 is 2.80 bits per heavy atom. The number of amides is 1. The Balaban J connectivity index is 2.11. The van der Waals surface area contributed by atoms with E-state index in [9.17, 15) is 4.79 Å². The second-order valence-electron chi connectivity index (χ2n) is 7.01. The van der Waals surface area contributed by atoms with Crippen LogP contribution in [-0.4, -0.2) is 48.5 Å². The number of benzene rings is 1. The van der Waals surface area contributed by atoms with Crippen LogP contribution in [0.25, 0.3) is 0 Å². The van der Waals surface area contributed by atoms with Gasteiger partial charge in [-0.3, -0.25) is 9.69 Å². The van der Waals surface area contributed by atoms with Gasteiger partial charge in [0.2, 0.25) is 0 Å². The summed E-state index contributed by atoms with van der Waals surface area (Å²) in [4.78, 5) is 13.8. The van der Waals surface area contributed by atoms with Crippen LogP contribution < -0.4 is 10.1 Å². The second kappa shape index (κ2) is 8.85. The van der Waals surface area contributed by atoms with Gasteiger partial charge in [-0.25, -0.2) is 0 Å². The van der Waals surface area contributed by atoms with Gasteiger partial charge >= 0.3 is 0 Å². The first-order valence-corrected chi connectivity index (χ1v) is 8.84. The van der Waals surface area contributed by atoms with Crippen LogP contribution in [-0.2, 0) is 17.8 Å². The summed E-state index contributed by atoms with van der Waals surface area (Å²) in [7, 11) is 1.72. The van der Waals surface area contributed by atoms with E-state index < -0.39 is 0 Å². The van der Waals surface area contributed by atoms with Gasteiger partial charge in [0.25, 0.3) is 5.91 Å². The molecule has 0 aromatic heterocycles. The zero-order valence-corrected chi connectivity index (χ0v) is 15.6. The first kappa shape index (κ1) is 19.2. The summed E-state index contributed by atoms with van der Waals surface area (Å²) in [6.45, 7) is 8.91. The Hall–Kier alpha value is -2.08. The molecule has 0 aliphatic carbocycles. The first-order chi connectivity index (χ1) is 11.9. The highest BCUT2D eigenvalue weighted by atomic mass is 16.5. The van der Waals surface area contributed by atoms with Crippen molar-refractivity contribution in [2.24, 2.45) is 5.16 Å². The highest BCUT2D eigenvalue weighted by molar-refractivity contribution is 6.26. The summed E-state index contributed by atoms with van der Waals surface area (Å²) < 4.78 is 5.60. The molecule has 0 radical (unpaired) electrons. The lowest BCUT2D eigenvalue weighted by Crippen LogP contribution is -2.42. The number of rotatable bonds is 6. The second-order valence-corrected chi connectivity index (χ2v) is 7.01. The van der Waals surface area contributed by atoms with Crippen molar-refractivity contribution in [3.05, 3.63) is 28.8 Å². The minimum Gasteiger partial charge on any atom is -0.496 e. The standard InChI is InChI=1S/C19H29N3O3/c1-13(2)17-8-15-6-5-7-22(12-16(15)9-18(17)25-4)11-14(3)21-19(23)10-20-24/h8-10,13-14,24H,5-7,11-12H2,1-4H3,(H,21,23)/b20-10-/t14-/m0/s1. The summed E-state index contributed by atoms with van der Waals surface area (Å²) in [6.07, 6.45) is 3.04. The lowest BCUT2D eigenvalue weighted by molar-refractivity contribution is -0.115. The van der Waals surface area contributed by atoms with E-state index in [1.165, 1.54) is 16.7 Å². The van der Waals surface area contributed by atoms with Crippen molar-refractivity contribution in [3.63, 3.8) is 0 Å². The summed E-state index contributed by atoms with van der Waals surface area (Å²) in [5.41, 5.74) is 3.96. The van der Waals surface area contributed by atoms with E-state index in [0.29, 0.717) is 5.92 Å². The molecule has 0 unspecified atom stereocenters. The average molecular weight is 347 g/mol. The summed E-state index contributed by atoms with van der Waals surface area (Å²) in [5.74, 6) is 1.01. The first-order valence-electron chi connectivity index (χ1n) is 8.84. The molecular formula is C19H29N3O3. The van der Waals surface area contributed by atoms with Crippen LogP contribution in [0.1, 0.15) is 49.8 Å². The molecule has 0 saturated carbocycles. The zero-order chi connectivity index (χ0) is 18.4. The Morgan fingerprint density at radius 1 is 1.40 bits per heavy atom. The number of aryl methyl sites for hydroxylation is 1. The van der Waals surface area contributed by atoms with Crippen molar-refractivity contribution >= 4 is 12.1 Å². The predicted octanol–water partition coefficient (Wildman–Crippen LogP) is 2.53. The number of hydrogen-bond acceptors (Lipinski definition) is 5. The molecule has 1 heterocycles. The van der Waals surface area contributed by atoms with Crippen LogP contribution in [0.3, 0.4) is 0 Å². The van der Waals surface area contributed by atoms with Gasteiger partial charge in [0, 0.05) is 19.1 Å². The number of nitrogens with one attached hydrogen (secondary N) is 1. The van der Waals surface area contributed by atoms with Crippen LogP contribution >= 0.6 is 0 Å². The maximum atomic E-state index is 11.5. The monoisotopic (exact) mass is 347 g/mol. The third-order valence-electron chi connectivity index (χ3n) is 4.58. The van der Waals surface area contributed by atoms with Gasteiger partial charge in [0.15, 0.2) is 0 Å². The number of fused-ring (bicyclic) bond motifs is 1. The molecule has 6 heteroatoms. The molecule has 1 atom stereocenters. The van der Waals surface area contributed by atoms with Crippen LogP contribution in [0.15, 0.2) is 17.3 Å². The predicted molar refractivity (Wildman–Crippen MR) is 98.6 cm³/mol. The maximum Gasteiger partial charge on any atom is 0.266 e. The molecule has 0 spiro atoms. The number of carbonyl (C=O) groups is 1. The quantitative estimate of drug-likeness (QED) is 0.471. The SMILES string of the molecule is COc1cc2c(cc1C(C)C)CCCN(C[C@H](C)NC(=O)/C=N\O)C2. The van der Waals surface area contributed by atoms with Gasteiger partial charge in [-0.2, -0.15) is 0 Å². The smallest absolute Gasteiger partial charge is 0.266 e. The zero-order valence-electron chi connectivity index (χ0n) is 15.6. The molecule has 1 aromatic carbocycles. The summed E-state index contributed by atoms with van der Waals surface area (Å²) in [5, 5.41) is 14.0. The maximum absolute atomic E-state index is 11.5. The number of hydrogen-bond donors (Lipinski definition) is 2. The third-order valence-corrected chi connectivity index (χ3v) is 4.58. The Labute approximate surface area is 149 Å². The number of ether oxygens (including phenoxy) is 1. The Kier molecular flexibility index (Phi) is 6.82. The molecule has 2 N–H and O–H groups in total. The topological polar surface area (TPSA) is 74.2 Å². The molecule has 1 aliphatic heterocycles. The Bertz CT molecular complexity index is 629. The molecule has 0 saturated heterocycles.